The monoisotopic (exact) mass is 293 g/mol. The van der Waals surface area contributed by atoms with Gasteiger partial charge in [0, 0.05) is 11.3 Å². The Hall–Kier alpha value is 0.566. The second kappa shape index (κ2) is 9.47. The predicted molar refractivity (Wildman–Crippen MR) is 64.9 cm³/mol. The van der Waals surface area contributed by atoms with Gasteiger partial charge in [0.15, 0.2) is 0 Å². The third kappa shape index (κ3) is 5.28. The summed E-state index contributed by atoms with van der Waals surface area (Å²) in [5.74, 6) is -0.460. The number of aliphatic hydroxyl groups is 1. The number of rotatable bonds is 6. The zero-order valence-corrected chi connectivity index (χ0v) is 15.0. The van der Waals surface area contributed by atoms with Gasteiger partial charge in [0.1, 0.15) is 5.03 Å². The number of carboxylic acid groups (broad SMARTS) is 1. The molecule has 0 saturated carbocycles. The molecule has 4 nitrogen and oxygen atoms in total. The first kappa shape index (κ1) is 18.6. The molecule has 6 heteroatoms. The first-order valence-corrected chi connectivity index (χ1v) is 6.54. The quantitative estimate of drug-likeness (QED) is 0.378. The Morgan fingerprint density at radius 1 is 1.56 bits per heavy atom. The number of thioether (sulfide) groups is 1. The fourth-order valence-electron chi connectivity index (χ4n) is 1.47. The van der Waals surface area contributed by atoms with Gasteiger partial charge >= 0.3 is 51.4 Å². The van der Waals surface area contributed by atoms with Crippen molar-refractivity contribution < 1.29 is 66.4 Å². The molecule has 0 radical (unpaired) electrons. The number of unbranched alkanes of at least 4 members (excludes halogenated alkanes) is 1. The largest absolute Gasteiger partial charge is 1.00 e. The van der Waals surface area contributed by atoms with Crippen LogP contribution in [0.1, 0.15) is 41.4 Å². The number of carbonyl (C=O) groups excluding carboxylic acids is 1. The fourth-order valence-corrected chi connectivity index (χ4v) is 2.66. The van der Waals surface area contributed by atoms with Crippen LogP contribution >= 0.6 is 11.8 Å². The van der Waals surface area contributed by atoms with Gasteiger partial charge in [-0.25, -0.2) is 4.98 Å². The van der Waals surface area contributed by atoms with Crippen molar-refractivity contribution in [2.75, 3.05) is 5.75 Å². The van der Waals surface area contributed by atoms with E-state index in [1.807, 2.05) is 0 Å². The Bertz CT molecular complexity index is 413. The molecule has 1 N–H and O–H groups in total. The summed E-state index contributed by atoms with van der Waals surface area (Å²) >= 11 is 1.40. The van der Waals surface area contributed by atoms with Crippen LogP contribution in [0.4, 0.5) is 0 Å². The van der Waals surface area contributed by atoms with Crippen molar-refractivity contribution in [1.82, 2.24) is 4.98 Å². The van der Waals surface area contributed by atoms with Gasteiger partial charge in [0.25, 0.3) is 0 Å². The summed E-state index contributed by atoms with van der Waals surface area (Å²) in [6.45, 7) is 3.54. The molecule has 0 aliphatic heterocycles. The number of aliphatic hydroxyl groups excluding tert-OH is 1. The van der Waals surface area contributed by atoms with Gasteiger partial charge in [-0.2, -0.15) is 0 Å². The zero-order valence-electron chi connectivity index (χ0n) is 11.0. The second-order valence-electron chi connectivity index (χ2n) is 3.75. The van der Waals surface area contributed by atoms with Gasteiger partial charge in [-0.05, 0) is 30.7 Å². The SMILES string of the molecule is CCCCSc1nc(C)cc(CO)c1C(=O)[O-].[K+]. The third-order valence-electron chi connectivity index (χ3n) is 2.31. The molecule has 0 atom stereocenters. The van der Waals surface area contributed by atoms with Crippen LogP contribution in [0, 0.1) is 6.92 Å². The summed E-state index contributed by atoms with van der Waals surface area (Å²) < 4.78 is 0. The molecule has 1 heterocycles. The second-order valence-corrected chi connectivity index (χ2v) is 4.83. The van der Waals surface area contributed by atoms with Crippen LogP contribution in [0.5, 0.6) is 0 Å². The molecule has 0 amide bonds. The molecule has 0 spiro atoms. The van der Waals surface area contributed by atoms with Crippen LogP contribution in [-0.2, 0) is 6.61 Å². The van der Waals surface area contributed by atoms with E-state index in [9.17, 15) is 9.90 Å². The van der Waals surface area contributed by atoms with Gasteiger partial charge in [0.05, 0.1) is 12.6 Å². The maximum Gasteiger partial charge on any atom is 1.00 e. The van der Waals surface area contributed by atoms with Crippen LogP contribution in [0.3, 0.4) is 0 Å². The van der Waals surface area contributed by atoms with Crippen molar-refractivity contribution in [3.8, 4) is 0 Å². The van der Waals surface area contributed by atoms with Crippen LogP contribution < -0.4 is 56.5 Å². The first-order chi connectivity index (χ1) is 8.10. The topological polar surface area (TPSA) is 73.2 Å². The summed E-state index contributed by atoms with van der Waals surface area (Å²) in [5, 5.41) is 20.7. The smallest absolute Gasteiger partial charge is 0.545 e. The summed E-state index contributed by atoms with van der Waals surface area (Å²) in [6, 6.07) is 1.58. The molecule has 0 saturated heterocycles. The molecule has 1 aromatic heterocycles. The van der Waals surface area contributed by atoms with Crippen molar-refractivity contribution >= 4 is 17.7 Å². The van der Waals surface area contributed by atoms with Crippen LogP contribution in [0.2, 0.25) is 0 Å². The average molecular weight is 293 g/mol. The van der Waals surface area contributed by atoms with E-state index in [1.165, 1.54) is 11.8 Å². The molecular weight excluding hydrogens is 277 g/mol. The van der Waals surface area contributed by atoms with E-state index < -0.39 is 5.97 Å². The minimum Gasteiger partial charge on any atom is -0.545 e. The number of pyridine rings is 1. The van der Waals surface area contributed by atoms with E-state index in [4.69, 9.17) is 5.11 Å². The number of aromatic nitrogens is 1. The van der Waals surface area contributed by atoms with E-state index in [2.05, 4.69) is 11.9 Å². The van der Waals surface area contributed by atoms with E-state index in [0.29, 0.717) is 16.3 Å². The fraction of sp³-hybridized carbons (Fsp3) is 0.500. The van der Waals surface area contributed by atoms with Crippen molar-refractivity contribution in [2.24, 2.45) is 0 Å². The first-order valence-electron chi connectivity index (χ1n) is 5.55. The number of carboxylic acids is 1. The van der Waals surface area contributed by atoms with E-state index in [-0.39, 0.29) is 63.6 Å². The summed E-state index contributed by atoms with van der Waals surface area (Å²) in [5.41, 5.74) is 1.11. The minimum atomic E-state index is -1.28. The molecule has 0 aromatic carbocycles. The maximum atomic E-state index is 11.1. The Morgan fingerprint density at radius 2 is 2.22 bits per heavy atom. The maximum absolute atomic E-state index is 11.1. The van der Waals surface area contributed by atoms with E-state index >= 15 is 0 Å². The van der Waals surface area contributed by atoms with Crippen molar-refractivity contribution in [3.05, 3.63) is 22.9 Å². The average Bonchev–Trinajstić information content (AvgIpc) is 2.28. The molecule has 0 unspecified atom stereocenters. The predicted octanol–water partition coefficient (Wildman–Crippen LogP) is -1.86. The van der Waals surface area contributed by atoms with Crippen molar-refractivity contribution in [2.45, 2.75) is 38.3 Å². The Labute approximate surface area is 154 Å². The number of carbonyl (C=O) groups is 1. The molecule has 0 bridgehead atoms. The Kier molecular flexibility index (Phi) is 9.76. The van der Waals surface area contributed by atoms with E-state index in [1.54, 1.807) is 13.0 Å². The molecule has 1 rings (SSSR count). The normalized spacial score (nSPS) is 9.94. The zero-order chi connectivity index (χ0) is 12.8. The van der Waals surface area contributed by atoms with Gasteiger partial charge in [0.2, 0.25) is 0 Å². The number of hydrogen-bond acceptors (Lipinski definition) is 5. The van der Waals surface area contributed by atoms with Crippen LogP contribution in [0.15, 0.2) is 11.1 Å². The van der Waals surface area contributed by atoms with Gasteiger partial charge in [-0.15, -0.1) is 11.8 Å². The molecule has 0 aliphatic rings. The third-order valence-corrected chi connectivity index (χ3v) is 3.37. The summed E-state index contributed by atoms with van der Waals surface area (Å²) in [4.78, 5) is 15.3. The molecule has 94 valence electrons. The van der Waals surface area contributed by atoms with Gasteiger partial charge in [-0.1, -0.05) is 13.3 Å². The minimum absolute atomic E-state index is 0. The molecule has 1 aromatic rings. The van der Waals surface area contributed by atoms with Crippen molar-refractivity contribution in [1.29, 1.82) is 0 Å². The standard InChI is InChI=1S/C12H17NO3S.K/c1-3-4-5-17-11-10(12(15)16)9(7-14)6-8(2)13-11;/h6,14H,3-5,7H2,1-2H3,(H,15,16);/q;+1/p-1. The van der Waals surface area contributed by atoms with Gasteiger partial charge in [-0.3, -0.25) is 0 Å². The number of aromatic carboxylic acids is 1. The molecule has 0 aliphatic carbocycles. The summed E-state index contributed by atoms with van der Waals surface area (Å²) in [7, 11) is 0. The molecule has 18 heavy (non-hydrogen) atoms. The number of nitrogens with zero attached hydrogens (tertiary/aromatic N) is 1. The number of hydrogen-bond donors (Lipinski definition) is 1. The Morgan fingerprint density at radius 3 is 2.72 bits per heavy atom. The van der Waals surface area contributed by atoms with Gasteiger partial charge < -0.3 is 15.0 Å². The summed E-state index contributed by atoms with van der Waals surface area (Å²) in [6.07, 6.45) is 2.05. The molecule has 0 fully saturated rings. The van der Waals surface area contributed by atoms with E-state index in [0.717, 1.165) is 18.6 Å². The Balaban J connectivity index is 0.00000289. The van der Waals surface area contributed by atoms with Crippen LogP contribution in [0.25, 0.3) is 0 Å². The number of aryl methyl sites for hydroxylation is 1. The van der Waals surface area contributed by atoms with Crippen molar-refractivity contribution in [3.63, 3.8) is 0 Å². The molecular formula is C12H16KNO3S. The van der Waals surface area contributed by atoms with Crippen LogP contribution in [-0.4, -0.2) is 21.8 Å².